The Labute approximate surface area is 309 Å². The maximum atomic E-state index is 13.7. The van der Waals surface area contributed by atoms with E-state index in [4.69, 9.17) is 37.6 Å². The molecule has 4 heterocycles. The molecule has 304 valence electrons. The third-order valence-corrected chi connectivity index (χ3v) is 9.61. The Morgan fingerprint density at radius 1 is 0.655 bits per heavy atom. The van der Waals surface area contributed by atoms with E-state index in [1.54, 1.807) is 0 Å². The molecule has 15 atom stereocenters. The van der Waals surface area contributed by atoms with Crippen LogP contribution in [0.5, 0.6) is 23.0 Å². The third-order valence-electron chi connectivity index (χ3n) is 9.61. The Morgan fingerprint density at radius 2 is 1.16 bits per heavy atom. The second-order valence-electron chi connectivity index (χ2n) is 13.1. The maximum absolute atomic E-state index is 13.7. The summed E-state index contributed by atoms with van der Waals surface area (Å²) >= 11 is 0. The van der Waals surface area contributed by atoms with Crippen molar-refractivity contribution in [2.24, 2.45) is 0 Å². The Morgan fingerprint density at radius 3 is 1.73 bits per heavy atom. The van der Waals surface area contributed by atoms with Crippen molar-refractivity contribution in [3.63, 3.8) is 0 Å². The molecule has 3 saturated heterocycles. The van der Waals surface area contributed by atoms with Gasteiger partial charge in [-0.2, -0.15) is 0 Å². The van der Waals surface area contributed by atoms with Crippen LogP contribution in [0, 0.1) is 0 Å². The zero-order valence-corrected chi connectivity index (χ0v) is 28.8. The van der Waals surface area contributed by atoms with Crippen LogP contribution < -0.4 is 19.6 Å². The summed E-state index contributed by atoms with van der Waals surface area (Å²) in [4.78, 5) is 13.7. The molecule has 6 rings (SSSR count). The second-order valence-corrected chi connectivity index (χ2v) is 13.1. The van der Waals surface area contributed by atoms with Gasteiger partial charge in [-0.3, -0.25) is 4.79 Å². The van der Waals surface area contributed by atoms with Crippen LogP contribution in [-0.4, -0.2) is 180 Å². The lowest BCUT2D eigenvalue weighted by Crippen LogP contribution is -2.62. The minimum absolute atomic E-state index is 0.0306. The molecule has 21 heteroatoms. The number of aromatic hydroxyl groups is 1. The van der Waals surface area contributed by atoms with Crippen LogP contribution >= 0.6 is 0 Å². The molecular weight excluding hydrogens is 744 g/mol. The predicted octanol–water partition coefficient (Wildman–Crippen LogP) is -4.64. The summed E-state index contributed by atoms with van der Waals surface area (Å²) in [5.74, 6) is -1.28. The van der Waals surface area contributed by atoms with Crippen LogP contribution in [0.15, 0.2) is 45.8 Å². The van der Waals surface area contributed by atoms with Gasteiger partial charge in [0.15, 0.2) is 17.8 Å². The predicted molar refractivity (Wildman–Crippen MR) is 178 cm³/mol. The molecule has 3 aliphatic rings. The standard InChI is InChI=1S/C34H42O21/c1-48-31-15(52-34-30(47)26(43)22(39)17(8-36)54-34)6-14-19(24(31)41)20(37)13(9-49-14)11-2-4-12(5-3-11)51-33-29(46)27(44)23(40)18(55-33)10-50-32-28(45)25(42)21(38)16(7-35)53-32/h2-6,9,16-18,21-23,25-30,32-36,38-47H,7-8,10H2,1H3. The molecule has 21 nitrogen and oxygen atoms in total. The van der Waals surface area contributed by atoms with E-state index in [0.29, 0.717) is 0 Å². The van der Waals surface area contributed by atoms with Crippen molar-refractivity contribution in [1.29, 1.82) is 0 Å². The van der Waals surface area contributed by atoms with Crippen molar-refractivity contribution in [3.05, 3.63) is 46.8 Å². The molecule has 3 aliphatic heterocycles. The molecule has 0 saturated carbocycles. The molecule has 3 aromatic rings. The van der Waals surface area contributed by atoms with Crippen LogP contribution in [0.4, 0.5) is 0 Å². The number of ether oxygens (including phenoxy) is 7. The molecule has 1 aromatic heterocycles. The first-order valence-electron chi connectivity index (χ1n) is 16.9. The molecule has 0 spiro atoms. The van der Waals surface area contributed by atoms with E-state index >= 15 is 0 Å². The van der Waals surface area contributed by atoms with Crippen LogP contribution in [0.1, 0.15) is 0 Å². The topological polar surface area (TPSA) is 338 Å². The van der Waals surface area contributed by atoms with Crippen molar-refractivity contribution in [1.82, 2.24) is 0 Å². The zero-order chi connectivity index (χ0) is 39.9. The molecule has 55 heavy (non-hydrogen) atoms. The SMILES string of the molecule is COc1c(OC2OC(CO)C(O)C(O)C2O)cc2occ(-c3ccc(OC4OC(COC5OC(CO)C(O)C(O)C5O)C(O)C(O)C4O)cc3)c(=O)c2c1O. The van der Waals surface area contributed by atoms with E-state index in [1.807, 2.05) is 0 Å². The fraction of sp³-hybridized carbons (Fsp3) is 0.559. The molecule has 2 aromatic carbocycles. The number of phenolic OH excluding ortho intramolecular Hbond substituents is 1. The highest BCUT2D eigenvalue weighted by Gasteiger charge is 2.48. The summed E-state index contributed by atoms with van der Waals surface area (Å²) in [6.07, 6.45) is -23.2. The van der Waals surface area contributed by atoms with E-state index in [1.165, 1.54) is 30.3 Å². The van der Waals surface area contributed by atoms with Gasteiger partial charge in [0.2, 0.25) is 23.8 Å². The second kappa shape index (κ2) is 16.8. The number of hydrogen-bond donors (Lipinski definition) is 12. The number of hydrogen-bond acceptors (Lipinski definition) is 21. The van der Waals surface area contributed by atoms with Gasteiger partial charge in [-0.1, -0.05) is 12.1 Å². The molecule has 3 fully saturated rings. The molecule has 12 N–H and O–H groups in total. The number of aliphatic hydroxyl groups excluding tert-OH is 11. The number of aliphatic hydroxyl groups is 11. The van der Waals surface area contributed by atoms with E-state index in [9.17, 15) is 66.1 Å². The lowest BCUT2D eigenvalue weighted by Gasteiger charge is -2.42. The summed E-state index contributed by atoms with van der Waals surface area (Å²) in [7, 11) is 1.16. The Bertz CT molecular complexity index is 1820. The van der Waals surface area contributed by atoms with Crippen LogP contribution in [0.25, 0.3) is 22.1 Å². The minimum Gasteiger partial charge on any atom is -0.504 e. The van der Waals surface area contributed by atoms with Gasteiger partial charge >= 0.3 is 0 Å². The number of phenols is 1. The van der Waals surface area contributed by atoms with Gasteiger partial charge < -0.3 is 98.9 Å². The highest BCUT2D eigenvalue weighted by atomic mass is 16.7. The zero-order valence-electron chi connectivity index (χ0n) is 28.8. The van der Waals surface area contributed by atoms with Gasteiger partial charge in [-0.15, -0.1) is 0 Å². The maximum Gasteiger partial charge on any atom is 0.229 e. The summed E-state index contributed by atoms with van der Waals surface area (Å²) < 4.78 is 43.9. The molecule has 15 unspecified atom stereocenters. The third kappa shape index (κ3) is 7.83. The first-order valence-corrected chi connectivity index (χ1v) is 16.9. The van der Waals surface area contributed by atoms with Crippen LogP contribution in [0.3, 0.4) is 0 Å². The molecular formula is C34H42O21. The van der Waals surface area contributed by atoms with Gasteiger partial charge in [0, 0.05) is 6.07 Å². The van der Waals surface area contributed by atoms with Crippen molar-refractivity contribution in [2.75, 3.05) is 26.9 Å². The molecule has 0 bridgehead atoms. The first-order chi connectivity index (χ1) is 26.2. The van der Waals surface area contributed by atoms with Crippen LogP contribution in [-0.2, 0) is 18.9 Å². The van der Waals surface area contributed by atoms with Crippen molar-refractivity contribution in [2.45, 2.75) is 92.1 Å². The smallest absolute Gasteiger partial charge is 0.229 e. The lowest BCUT2D eigenvalue weighted by molar-refractivity contribution is -0.323. The summed E-state index contributed by atoms with van der Waals surface area (Å²) in [6.45, 7) is -1.99. The Balaban J connectivity index is 1.17. The number of rotatable bonds is 11. The monoisotopic (exact) mass is 786 g/mol. The van der Waals surface area contributed by atoms with Gasteiger partial charge in [0.05, 0.1) is 32.5 Å². The van der Waals surface area contributed by atoms with Gasteiger partial charge in [0.1, 0.15) is 96.2 Å². The summed E-state index contributed by atoms with van der Waals surface area (Å²) in [5, 5.41) is 122. The molecule has 0 radical (unpaired) electrons. The van der Waals surface area contributed by atoms with Gasteiger partial charge in [-0.25, -0.2) is 0 Å². The van der Waals surface area contributed by atoms with Crippen molar-refractivity contribution >= 4 is 11.0 Å². The summed E-state index contributed by atoms with van der Waals surface area (Å²) in [6, 6.07) is 6.78. The van der Waals surface area contributed by atoms with E-state index < -0.39 is 123 Å². The lowest BCUT2D eigenvalue weighted by atomic mass is 9.98. The first kappa shape index (κ1) is 40.9. The van der Waals surface area contributed by atoms with Gasteiger partial charge in [-0.05, 0) is 17.7 Å². The van der Waals surface area contributed by atoms with E-state index in [0.717, 1.165) is 13.4 Å². The number of benzene rings is 2. The fourth-order valence-corrected chi connectivity index (χ4v) is 6.39. The summed E-state index contributed by atoms with van der Waals surface area (Å²) in [5.41, 5.74) is -0.650. The quantitative estimate of drug-likeness (QED) is 0.0869. The Kier molecular flexibility index (Phi) is 12.5. The van der Waals surface area contributed by atoms with E-state index in [2.05, 4.69) is 0 Å². The van der Waals surface area contributed by atoms with Gasteiger partial charge in [0.25, 0.3) is 0 Å². The van der Waals surface area contributed by atoms with Crippen molar-refractivity contribution < 1.29 is 98.9 Å². The van der Waals surface area contributed by atoms with E-state index in [-0.39, 0.29) is 39.3 Å². The highest BCUT2D eigenvalue weighted by molar-refractivity contribution is 5.91. The molecule has 0 aliphatic carbocycles. The fourth-order valence-electron chi connectivity index (χ4n) is 6.39. The Hall–Kier alpha value is -3.75. The highest BCUT2D eigenvalue weighted by Crippen LogP contribution is 2.43. The van der Waals surface area contributed by atoms with Crippen LogP contribution in [0.2, 0.25) is 0 Å². The number of methoxy groups -OCH3 is 1. The minimum atomic E-state index is -1.79. The normalized spacial score (nSPS) is 36.8. The molecule has 0 amide bonds. The largest absolute Gasteiger partial charge is 0.504 e. The average molecular weight is 787 g/mol. The number of fused-ring (bicyclic) bond motifs is 1. The average Bonchev–Trinajstić information content (AvgIpc) is 3.18. The van der Waals surface area contributed by atoms with Crippen molar-refractivity contribution in [3.8, 4) is 34.1 Å².